The van der Waals surface area contributed by atoms with Crippen LogP contribution in [0.5, 0.6) is 5.75 Å². The van der Waals surface area contributed by atoms with Crippen molar-refractivity contribution < 1.29 is 46.8 Å². The van der Waals surface area contributed by atoms with E-state index in [4.69, 9.17) is 24.1 Å². The molecule has 0 aliphatic rings. The van der Waals surface area contributed by atoms with E-state index >= 15 is 0 Å². The number of amides is 1. The molecule has 11 heteroatoms. The van der Waals surface area contributed by atoms with Gasteiger partial charge in [-0.2, -0.15) is 13.2 Å². The maximum Gasteiger partial charge on any atom is 0.409 e. The van der Waals surface area contributed by atoms with Gasteiger partial charge in [-0.05, 0) is 31.0 Å². The van der Waals surface area contributed by atoms with Gasteiger partial charge in [0.15, 0.2) is 6.10 Å². The van der Waals surface area contributed by atoms with Crippen molar-refractivity contribution >= 4 is 12.1 Å². The van der Waals surface area contributed by atoms with Crippen molar-refractivity contribution in [2.75, 3.05) is 46.6 Å². The Morgan fingerprint density at radius 1 is 1.09 bits per heavy atom. The Bertz CT molecular complexity index is 683. The molecule has 0 aromatic heterocycles. The minimum absolute atomic E-state index is 0.0522. The quantitative estimate of drug-likeness (QED) is 0.396. The third-order valence-corrected chi connectivity index (χ3v) is 4.30. The Morgan fingerprint density at radius 2 is 1.75 bits per heavy atom. The fraction of sp³-hybridized carbons (Fsp3) is 0.619. The maximum absolute atomic E-state index is 12.1. The number of alkyl halides is 3. The van der Waals surface area contributed by atoms with Crippen molar-refractivity contribution in [3.05, 3.63) is 29.8 Å². The van der Waals surface area contributed by atoms with Crippen LogP contribution in [0.4, 0.5) is 18.0 Å². The Hall–Kier alpha value is -2.53. The summed E-state index contributed by atoms with van der Waals surface area (Å²) in [5.74, 6) is -0.496. The van der Waals surface area contributed by atoms with Gasteiger partial charge in [0.25, 0.3) is 0 Å². The summed E-state index contributed by atoms with van der Waals surface area (Å²) in [5, 5.41) is 9.14. The van der Waals surface area contributed by atoms with Crippen LogP contribution in [0.3, 0.4) is 0 Å². The molecule has 1 atom stereocenters. The lowest BCUT2D eigenvalue weighted by atomic mass is 10.1. The van der Waals surface area contributed by atoms with Crippen molar-refractivity contribution in [3.63, 3.8) is 0 Å². The van der Waals surface area contributed by atoms with Crippen molar-refractivity contribution in [1.29, 1.82) is 0 Å². The molecule has 0 bridgehead atoms. The zero-order chi connectivity index (χ0) is 24.0. The number of ether oxygens (including phenoxy) is 4. The van der Waals surface area contributed by atoms with E-state index in [1.165, 1.54) is 12.0 Å². The summed E-state index contributed by atoms with van der Waals surface area (Å²) >= 11 is 0. The van der Waals surface area contributed by atoms with Crippen LogP contribution in [0.15, 0.2) is 24.3 Å². The summed E-state index contributed by atoms with van der Waals surface area (Å²) in [6.45, 7) is 2.54. The zero-order valence-corrected chi connectivity index (χ0v) is 18.2. The van der Waals surface area contributed by atoms with Gasteiger partial charge in [0, 0.05) is 32.6 Å². The van der Waals surface area contributed by atoms with Crippen LogP contribution in [-0.2, 0) is 25.4 Å². The van der Waals surface area contributed by atoms with Crippen molar-refractivity contribution in [1.82, 2.24) is 4.90 Å². The number of methoxy groups -OCH3 is 1. The predicted molar refractivity (Wildman–Crippen MR) is 109 cm³/mol. The Kier molecular flexibility index (Phi) is 12.5. The molecule has 0 aliphatic heterocycles. The Balaban J connectivity index is 2.41. The lowest BCUT2D eigenvalue weighted by molar-refractivity contribution is -0.150. The number of halogens is 3. The van der Waals surface area contributed by atoms with Gasteiger partial charge in [-0.1, -0.05) is 12.1 Å². The van der Waals surface area contributed by atoms with E-state index in [2.05, 4.69) is 0 Å². The van der Waals surface area contributed by atoms with E-state index in [9.17, 15) is 22.8 Å². The Labute approximate surface area is 185 Å². The number of hydrogen-bond donors (Lipinski definition) is 1. The molecule has 32 heavy (non-hydrogen) atoms. The summed E-state index contributed by atoms with van der Waals surface area (Å²) in [5.41, 5.74) is 0.775. The molecular weight excluding hydrogens is 435 g/mol. The van der Waals surface area contributed by atoms with Gasteiger partial charge in [-0.3, -0.25) is 0 Å². The number of carboxylic acid groups (broad SMARTS) is 1. The zero-order valence-electron chi connectivity index (χ0n) is 18.2. The van der Waals surface area contributed by atoms with Crippen LogP contribution in [0.1, 0.15) is 25.3 Å². The molecule has 0 spiro atoms. The molecule has 1 rings (SSSR count). The molecule has 1 unspecified atom stereocenters. The molecule has 0 radical (unpaired) electrons. The number of nitrogens with zero attached hydrogens (tertiary/aromatic N) is 1. The molecule has 0 aliphatic carbocycles. The molecule has 0 saturated carbocycles. The van der Waals surface area contributed by atoms with Crippen LogP contribution in [-0.4, -0.2) is 81.0 Å². The summed E-state index contributed by atoms with van der Waals surface area (Å²) in [4.78, 5) is 24.3. The summed E-state index contributed by atoms with van der Waals surface area (Å²) < 4.78 is 56.9. The van der Waals surface area contributed by atoms with Gasteiger partial charge in [-0.15, -0.1) is 0 Å². The van der Waals surface area contributed by atoms with Gasteiger partial charge in [0.05, 0.1) is 20.3 Å². The minimum atomic E-state index is -4.21. The van der Waals surface area contributed by atoms with E-state index in [1.807, 2.05) is 0 Å². The number of carbonyl (C=O) groups is 2. The monoisotopic (exact) mass is 465 g/mol. The highest BCUT2D eigenvalue weighted by molar-refractivity contribution is 5.72. The standard InChI is InChI=1S/C21H30F3NO7/c1-3-31-18(19(26)27)15-16-5-7-17(8-6-16)32-14-11-25(20(28)29-2)10-13-30-12-4-9-21(22,23)24/h5-8,18H,3-4,9-15H2,1-2H3,(H,26,27). The molecule has 1 N–H and O–H groups in total. The predicted octanol–water partition coefficient (Wildman–Crippen LogP) is 3.53. The number of rotatable bonds is 15. The van der Waals surface area contributed by atoms with Gasteiger partial charge in [0.2, 0.25) is 0 Å². The molecule has 1 aromatic rings. The van der Waals surface area contributed by atoms with E-state index in [0.717, 1.165) is 5.56 Å². The second kappa shape index (κ2) is 14.5. The average molecular weight is 465 g/mol. The summed E-state index contributed by atoms with van der Waals surface area (Å²) in [6, 6.07) is 6.84. The lowest BCUT2D eigenvalue weighted by Crippen LogP contribution is -2.37. The van der Waals surface area contributed by atoms with Crippen LogP contribution >= 0.6 is 0 Å². The number of aliphatic carboxylic acids is 1. The van der Waals surface area contributed by atoms with Crippen molar-refractivity contribution in [2.45, 2.75) is 38.5 Å². The van der Waals surface area contributed by atoms with Crippen molar-refractivity contribution in [2.24, 2.45) is 0 Å². The van der Waals surface area contributed by atoms with Gasteiger partial charge in [0.1, 0.15) is 12.4 Å². The molecule has 0 fully saturated rings. The first kappa shape index (κ1) is 27.5. The molecule has 1 amide bonds. The van der Waals surface area contributed by atoms with Crippen LogP contribution < -0.4 is 4.74 Å². The highest BCUT2D eigenvalue weighted by Crippen LogP contribution is 2.21. The minimum Gasteiger partial charge on any atom is -0.492 e. The molecular formula is C21H30F3NO7. The molecule has 0 heterocycles. The first-order valence-corrected chi connectivity index (χ1v) is 10.2. The lowest BCUT2D eigenvalue weighted by Gasteiger charge is -2.21. The number of carbonyl (C=O) groups excluding carboxylic acids is 1. The van der Waals surface area contributed by atoms with Gasteiger partial charge < -0.3 is 29.0 Å². The van der Waals surface area contributed by atoms with E-state index in [-0.39, 0.29) is 45.8 Å². The largest absolute Gasteiger partial charge is 0.492 e. The first-order chi connectivity index (χ1) is 15.2. The SMILES string of the molecule is CCOC(Cc1ccc(OCCN(CCOCCCC(F)(F)F)C(=O)OC)cc1)C(=O)O. The third kappa shape index (κ3) is 11.8. The van der Waals surface area contributed by atoms with Crippen molar-refractivity contribution in [3.8, 4) is 5.75 Å². The van der Waals surface area contributed by atoms with E-state index in [1.54, 1.807) is 31.2 Å². The summed E-state index contributed by atoms with van der Waals surface area (Å²) in [7, 11) is 1.23. The highest BCUT2D eigenvalue weighted by Gasteiger charge is 2.26. The fourth-order valence-electron chi connectivity index (χ4n) is 2.70. The highest BCUT2D eigenvalue weighted by atomic mass is 19.4. The fourth-order valence-corrected chi connectivity index (χ4v) is 2.70. The van der Waals surface area contributed by atoms with E-state index < -0.39 is 30.8 Å². The maximum atomic E-state index is 12.1. The number of benzene rings is 1. The topological polar surface area (TPSA) is 94.5 Å². The Morgan fingerprint density at radius 3 is 2.31 bits per heavy atom. The smallest absolute Gasteiger partial charge is 0.409 e. The molecule has 0 saturated heterocycles. The molecule has 182 valence electrons. The van der Waals surface area contributed by atoms with Gasteiger partial charge >= 0.3 is 18.2 Å². The second-order valence-corrected chi connectivity index (χ2v) is 6.77. The number of carboxylic acids is 1. The molecule has 8 nitrogen and oxygen atoms in total. The third-order valence-electron chi connectivity index (χ3n) is 4.30. The normalized spacial score (nSPS) is 12.3. The van der Waals surface area contributed by atoms with Crippen LogP contribution in [0.25, 0.3) is 0 Å². The second-order valence-electron chi connectivity index (χ2n) is 6.77. The average Bonchev–Trinajstić information content (AvgIpc) is 2.74. The summed E-state index contributed by atoms with van der Waals surface area (Å²) in [6.07, 6.45) is -6.56. The van der Waals surface area contributed by atoms with Crippen LogP contribution in [0.2, 0.25) is 0 Å². The van der Waals surface area contributed by atoms with Crippen LogP contribution in [0, 0.1) is 0 Å². The number of hydrogen-bond acceptors (Lipinski definition) is 6. The van der Waals surface area contributed by atoms with Gasteiger partial charge in [-0.25, -0.2) is 9.59 Å². The first-order valence-electron chi connectivity index (χ1n) is 10.2. The van der Waals surface area contributed by atoms with E-state index in [0.29, 0.717) is 12.4 Å². The molecule has 1 aromatic carbocycles.